The molecule has 1 aliphatic rings. The summed E-state index contributed by atoms with van der Waals surface area (Å²) in [5, 5.41) is 14.1. The summed E-state index contributed by atoms with van der Waals surface area (Å²) < 4.78 is 0. The van der Waals surface area contributed by atoms with Gasteiger partial charge in [0.1, 0.15) is 12.3 Å². The Morgan fingerprint density at radius 3 is 2.90 bits per heavy atom. The number of hydrazone groups is 1. The predicted octanol–water partition coefficient (Wildman–Crippen LogP) is 1.31. The van der Waals surface area contributed by atoms with Crippen LogP contribution >= 0.6 is 0 Å². The smallest absolute Gasteiger partial charge is 0.259 e. The van der Waals surface area contributed by atoms with Gasteiger partial charge in [-0.25, -0.2) is 5.43 Å². The number of nitrogens with zero attached hydrogens (tertiary/aromatic N) is 4. The number of aromatic hydroxyl groups is 1. The average Bonchev–Trinajstić information content (AvgIpc) is 2.74. The van der Waals surface area contributed by atoms with Crippen LogP contribution in [0.5, 0.6) is 5.75 Å². The number of piperazine rings is 1. The van der Waals surface area contributed by atoms with Gasteiger partial charge in [-0.1, -0.05) is 24.3 Å². The van der Waals surface area contributed by atoms with Crippen LogP contribution in [-0.4, -0.2) is 64.1 Å². The molecule has 0 atom stereocenters. The highest BCUT2D eigenvalue weighted by Crippen LogP contribution is 2.21. The van der Waals surface area contributed by atoms with E-state index in [0.29, 0.717) is 31.6 Å². The third-order valence-electron chi connectivity index (χ3n) is 4.77. The van der Waals surface area contributed by atoms with Crippen LogP contribution in [0.4, 0.5) is 0 Å². The van der Waals surface area contributed by atoms with Gasteiger partial charge < -0.3 is 10.0 Å². The number of phenolic OH excluding ortho intramolecular Hbond substituents is 1. The minimum atomic E-state index is -0.387. The maximum absolute atomic E-state index is 12.4. The number of hydrogen-bond donors (Lipinski definition) is 2. The molecule has 0 unspecified atom stereocenters. The van der Waals surface area contributed by atoms with Crippen molar-refractivity contribution in [3.8, 4) is 5.75 Å². The van der Waals surface area contributed by atoms with E-state index in [1.807, 2.05) is 17.0 Å². The first-order valence-electron chi connectivity index (χ1n) is 9.69. The van der Waals surface area contributed by atoms with Crippen molar-refractivity contribution in [1.29, 1.82) is 0 Å². The first-order chi connectivity index (χ1) is 14.6. The number of carbonyl (C=O) groups excluding carboxylic acids is 2. The first-order valence-corrected chi connectivity index (χ1v) is 9.69. The minimum absolute atomic E-state index is 0.0562. The number of rotatable bonds is 8. The zero-order valence-electron chi connectivity index (χ0n) is 16.7. The lowest BCUT2D eigenvalue weighted by atomic mass is 10.1. The number of phenols is 1. The summed E-state index contributed by atoms with van der Waals surface area (Å²) in [6, 6.07) is 9.13. The number of benzene rings is 1. The van der Waals surface area contributed by atoms with Crippen molar-refractivity contribution in [1.82, 2.24) is 20.2 Å². The van der Waals surface area contributed by atoms with Crippen LogP contribution in [0, 0.1) is 0 Å². The fourth-order valence-electron chi connectivity index (χ4n) is 3.23. The van der Waals surface area contributed by atoms with Crippen molar-refractivity contribution in [3.05, 3.63) is 72.1 Å². The van der Waals surface area contributed by atoms with Crippen molar-refractivity contribution < 1.29 is 14.7 Å². The molecule has 156 valence electrons. The van der Waals surface area contributed by atoms with Gasteiger partial charge in [0.05, 0.1) is 12.8 Å². The average molecular weight is 407 g/mol. The van der Waals surface area contributed by atoms with E-state index in [-0.39, 0.29) is 30.7 Å². The lowest BCUT2D eigenvalue weighted by Crippen LogP contribution is -2.52. The van der Waals surface area contributed by atoms with Gasteiger partial charge in [0.25, 0.3) is 5.91 Å². The number of carbonyl (C=O) groups is 2. The zero-order chi connectivity index (χ0) is 21.3. The Morgan fingerprint density at radius 1 is 1.30 bits per heavy atom. The molecule has 1 aliphatic heterocycles. The molecule has 2 amide bonds. The number of aromatic nitrogens is 1. The van der Waals surface area contributed by atoms with E-state index in [9.17, 15) is 14.7 Å². The number of allylic oxidation sites excluding steroid dienone is 1. The predicted molar refractivity (Wildman–Crippen MR) is 114 cm³/mol. The summed E-state index contributed by atoms with van der Waals surface area (Å²) in [4.78, 5) is 32.2. The Hall–Kier alpha value is -3.52. The van der Waals surface area contributed by atoms with Crippen molar-refractivity contribution in [2.24, 2.45) is 5.10 Å². The maximum Gasteiger partial charge on any atom is 0.259 e. The topological polar surface area (TPSA) is 98.1 Å². The van der Waals surface area contributed by atoms with E-state index in [0.717, 1.165) is 11.1 Å². The van der Waals surface area contributed by atoms with Crippen molar-refractivity contribution in [2.75, 3.05) is 26.2 Å². The van der Waals surface area contributed by atoms with Gasteiger partial charge in [0.15, 0.2) is 0 Å². The molecule has 1 fully saturated rings. The molecule has 0 bridgehead atoms. The van der Waals surface area contributed by atoms with E-state index in [1.54, 1.807) is 36.7 Å². The molecule has 2 N–H and O–H groups in total. The molecule has 2 aromatic rings. The SMILES string of the molecule is C=CCc1cccc(/C=N/NC(=O)CN2CCN(Cc3cccnc3)CC2=O)c1O. The molecule has 0 radical (unpaired) electrons. The number of amides is 2. The van der Waals surface area contributed by atoms with Crippen LogP contribution < -0.4 is 5.43 Å². The summed E-state index contributed by atoms with van der Waals surface area (Å²) in [5.41, 5.74) is 4.69. The van der Waals surface area contributed by atoms with Gasteiger partial charge >= 0.3 is 0 Å². The standard InChI is InChI=1S/C22H25N5O3/c1-2-5-18-7-3-8-19(22(18)30)13-24-25-20(28)15-27-11-10-26(16-21(27)29)14-17-6-4-9-23-12-17/h2-4,6-9,12-13,30H,1,5,10-11,14-16H2,(H,25,28)/b24-13+. The monoisotopic (exact) mass is 407 g/mol. The highest BCUT2D eigenvalue weighted by molar-refractivity contribution is 5.88. The van der Waals surface area contributed by atoms with E-state index in [1.165, 1.54) is 11.1 Å². The second-order valence-corrected chi connectivity index (χ2v) is 7.03. The molecule has 1 saturated heterocycles. The third-order valence-corrected chi connectivity index (χ3v) is 4.77. The van der Waals surface area contributed by atoms with E-state index in [4.69, 9.17) is 0 Å². The van der Waals surface area contributed by atoms with Crippen LogP contribution in [0.25, 0.3) is 0 Å². The van der Waals surface area contributed by atoms with Gasteiger partial charge in [-0.2, -0.15) is 5.10 Å². The maximum atomic E-state index is 12.4. The second kappa shape index (κ2) is 10.3. The fraction of sp³-hybridized carbons (Fsp3) is 0.273. The third kappa shape index (κ3) is 5.74. The summed E-state index contributed by atoms with van der Waals surface area (Å²) in [6.45, 7) is 5.67. The molecule has 1 aromatic heterocycles. The number of nitrogens with one attached hydrogen (secondary N) is 1. The first kappa shape index (κ1) is 21.2. The van der Waals surface area contributed by atoms with Crippen molar-refractivity contribution in [2.45, 2.75) is 13.0 Å². The molecule has 0 aliphatic carbocycles. The molecule has 0 saturated carbocycles. The zero-order valence-corrected chi connectivity index (χ0v) is 16.7. The van der Waals surface area contributed by atoms with Crippen LogP contribution in [0.15, 0.2) is 60.5 Å². The molecular formula is C22H25N5O3. The van der Waals surface area contributed by atoms with E-state index >= 15 is 0 Å². The second-order valence-electron chi connectivity index (χ2n) is 7.03. The molecule has 30 heavy (non-hydrogen) atoms. The van der Waals surface area contributed by atoms with Crippen molar-refractivity contribution in [3.63, 3.8) is 0 Å². The molecule has 1 aromatic carbocycles. The highest BCUT2D eigenvalue weighted by Gasteiger charge is 2.25. The molecule has 2 heterocycles. The Balaban J connectivity index is 1.47. The van der Waals surface area contributed by atoms with Crippen LogP contribution in [0.2, 0.25) is 0 Å². The molecule has 0 spiro atoms. The van der Waals surface area contributed by atoms with Gasteiger partial charge in [-0.15, -0.1) is 6.58 Å². The lowest BCUT2D eigenvalue weighted by Gasteiger charge is -2.33. The minimum Gasteiger partial charge on any atom is -0.507 e. The highest BCUT2D eigenvalue weighted by atomic mass is 16.3. The number of hydrogen-bond acceptors (Lipinski definition) is 6. The van der Waals surface area contributed by atoms with Crippen LogP contribution in [0.1, 0.15) is 16.7 Å². The van der Waals surface area contributed by atoms with Gasteiger partial charge in [-0.3, -0.25) is 19.5 Å². The molecule has 8 heteroatoms. The Morgan fingerprint density at radius 2 is 2.17 bits per heavy atom. The molecule has 3 rings (SSSR count). The molecule has 8 nitrogen and oxygen atoms in total. The number of para-hydroxylation sites is 1. The summed E-state index contributed by atoms with van der Waals surface area (Å²) in [7, 11) is 0. The van der Waals surface area contributed by atoms with Gasteiger partial charge in [-0.05, 0) is 29.7 Å². The Labute approximate surface area is 175 Å². The van der Waals surface area contributed by atoms with Gasteiger partial charge in [0.2, 0.25) is 5.91 Å². The summed E-state index contributed by atoms with van der Waals surface area (Å²) in [5.74, 6) is -0.378. The van der Waals surface area contributed by atoms with Crippen LogP contribution in [0.3, 0.4) is 0 Å². The van der Waals surface area contributed by atoms with Gasteiger partial charge in [0, 0.05) is 37.6 Å². The van der Waals surface area contributed by atoms with Crippen LogP contribution in [-0.2, 0) is 22.6 Å². The lowest BCUT2D eigenvalue weighted by molar-refractivity contribution is -0.140. The van der Waals surface area contributed by atoms with Crippen molar-refractivity contribution >= 4 is 18.0 Å². The largest absolute Gasteiger partial charge is 0.507 e. The van der Waals surface area contributed by atoms with E-state index < -0.39 is 0 Å². The quantitative estimate of drug-likeness (QED) is 0.391. The molecular weight excluding hydrogens is 382 g/mol. The fourth-order valence-corrected chi connectivity index (χ4v) is 3.23. The number of pyridine rings is 1. The Kier molecular flexibility index (Phi) is 7.29. The Bertz CT molecular complexity index is 930. The summed E-state index contributed by atoms with van der Waals surface area (Å²) >= 11 is 0. The normalized spacial score (nSPS) is 14.8. The van der Waals surface area contributed by atoms with E-state index in [2.05, 4.69) is 22.1 Å². The summed E-state index contributed by atoms with van der Waals surface area (Å²) in [6.07, 6.45) is 7.12.